The van der Waals surface area contributed by atoms with Crippen LogP contribution in [-0.4, -0.2) is 38.0 Å². The van der Waals surface area contributed by atoms with Crippen molar-refractivity contribution in [2.45, 2.75) is 32.6 Å². The molecule has 0 spiro atoms. The summed E-state index contributed by atoms with van der Waals surface area (Å²) in [5, 5.41) is 9.97. The van der Waals surface area contributed by atoms with E-state index in [2.05, 4.69) is 11.8 Å². The molecular weight excluding hydrogens is 304 g/mol. The molecule has 1 aliphatic carbocycles. The third-order valence-electron chi connectivity index (χ3n) is 4.82. The zero-order chi connectivity index (χ0) is 17.4. The highest BCUT2D eigenvalue weighted by Gasteiger charge is 2.40. The minimum Gasteiger partial charge on any atom is -0.465 e. The SMILES string of the molecule is CCOCCC1CCCC1(C#Cc1ccc(C(=O)OC)cc1)CO. The number of aliphatic hydroxyl groups is 1. The number of rotatable bonds is 6. The molecule has 2 unspecified atom stereocenters. The summed E-state index contributed by atoms with van der Waals surface area (Å²) in [4.78, 5) is 11.5. The van der Waals surface area contributed by atoms with Crippen LogP contribution < -0.4 is 0 Å². The zero-order valence-corrected chi connectivity index (χ0v) is 14.5. The van der Waals surface area contributed by atoms with Crippen LogP contribution in [0.5, 0.6) is 0 Å². The van der Waals surface area contributed by atoms with E-state index in [1.54, 1.807) is 12.1 Å². The highest BCUT2D eigenvalue weighted by atomic mass is 16.5. The summed E-state index contributed by atoms with van der Waals surface area (Å²) in [6, 6.07) is 7.05. The van der Waals surface area contributed by atoms with Gasteiger partial charge in [0.2, 0.25) is 0 Å². The summed E-state index contributed by atoms with van der Waals surface area (Å²) in [6.45, 7) is 3.51. The normalized spacial score (nSPS) is 22.7. The van der Waals surface area contributed by atoms with Crippen molar-refractivity contribution in [1.82, 2.24) is 0 Å². The van der Waals surface area contributed by atoms with Gasteiger partial charge in [0, 0.05) is 18.8 Å². The molecule has 1 N–H and O–H groups in total. The molecule has 2 atom stereocenters. The first-order valence-electron chi connectivity index (χ1n) is 8.55. The molecule has 1 aliphatic rings. The van der Waals surface area contributed by atoms with Crippen LogP contribution in [0.3, 0.4) is 0 Å². The van der Waals surface area contributed by atoms with E-state index < -0.39 is 0 Å². The van der Waals surface area contributed by atoms with Crippen LogP contribution in [0, 0.1) is 23.2 Å². The van der Waals surface area contributed by atoms with Crippen molar-refractivity contribution in [1.29, 1.82) is 0 Å². The molecule has 0 radical (unpaired) electrons. The van der Waals surface area contributed by atoms with E-state index in [4.69, 9.17) is 9.47 Å². The number of carbonyl (C=O) groups is 1. The Bertz CT molecular complexity index is 596. The van der Waals surface area contributed by atoms with Crippen LogP contribution in [0.25, 0.3) is 0 Å². The summed E-state index contributed by atoms with van der Waals surface area (Å²) in [5.41, 5.74) is 1.01. The third-order valence-corrected chi connectivity index (χ3v) is 4.82. The second kappa shape index (κ2) is 8.86. The van der Waals surface area contributed by atoms with E-state index in [0.29, 0.717) is 11.5 Å². The van der Waals surface area contributed by atoms with Crippen LogP contribution in [0.2, 0.25) is 0 Å². The van der Waals surface area contributed by atoms with Crippen LogP contribution in [0.4, 0.5) is 0 Å². The molecule has 0 aliphatic heterocycles. The molecule has 1 saturated carbocycles. The molecule has 130 valence electrons. The lowest BCUT2D eigenvalue weighted by Gasteiger charge is -2.28. The maximum absolute atomic E-state index is 11.5. The number of ether oxygens (including phenoxy) is 2. The molecule has 1 aromatic carbocycles. The van der Waals surface area contributed by atoms with Gasteiger partial charge in [-0.15, -0.1) is 0 Å². The second-order valence-electron chi connectivity index (χ2n) is 6.21. The van der Waals surface area contributed by atoms with Crippen molar-refractivity contribution in [3.63, 3.8) is 0 Å². The number of methoxy groups -OCH3 is 1. The predicted molar refractivity (Wildman–Crippen MR) is 92.6 cm³/mol. The summed E-state index contributed by atoms with van der Waals surface area (Å²) in [7, 11) is 1.36. The van der Waals surface area contributed by atoms with E-state index in [9.17, 15) is 9.90 Å². The molecule has 0 amide bonds. The fourth-order valence-electron chi connectivity index (χ4n) is 3.35. The van der Waals surface area contributed by atoms with Gasteiger partial charge in [-0.25, -0.2) is 4.79 Å². The Morgan fingerprint density at radius 2 is 2.12 bits per heavy atom. The monoisotopic (exact) mass is 330 g/mol. The van der Waals surface area contributed by atoms with Gasteiger partial charge < -0.3 is 14.6 Å². The Balaban J connectivity index is 2.11. The number of hydrogen-bond donors (Lipinski definition) is 1. The number of aliphatic hydroxyl groups excluding tert-OH is 1. The van der Waals surface area contributed by atoms with Gasteiger partial charge in [0.25, 0.3) is 0 Å². The molecule has 0 aromatic heterocycles. The molecular formula is C20H26O4. The van der Waals surface area contributed by atoms with Crippen molar-refractivity contribution in [3.05, 3.63) is 35.4 Å². The molecule has 0 saturated heterocycles. The first kappa shape index (κ1) is 18.5. The average Bonchev–Trinajstić information content (AvgIpc) is 3.03. The van der Waals surface area contributed by atoms with Gasteiger partial charge in [-0.3, -0.25) is 0 Å². The Kier molecular flexibility index (Phi) is 6.84. The van der Waals surface area contributed by atoms with Crippen molar-refractivity contribution in [2.24, 2.45) is 11.3 Å². The quantitative estimate of drug-likeness (QED) is 0.495. The lowest BCUT2D eigenvalue weighted by molar-refractivity contribution is 0.0600. The lowest BCUT2D eigenvalue weighted by Crippen LogP contribution is -2.29. The fourth-order valence-corrected chi connectivity index (χ4v) is 3.35. The van der Waals surface area contributed by atoms with Gasteiger partial charge in [0.1, 0.15) is 0 Å². The summed E-state index contributed by atoms with van der Waals surface area (Å²) >= 11 is 0. The van der Waals surface area contributed by atoms with E-state index in [0.717, 1.165) is 44.5 Å². The number of esters is 1. The zero-order valence-electron chi connectivity index (χ0n) is 14.5. The molecule has 4 heteroatoms. The van der Waals surface area contributed by atoms with Gasteiger partial charge in [-0.2, -0.15) is 0 Å². The van der Waals surface area contributed by atoms with Gasteiger partial charge in [0.15, 0.2) is 0 Å². The Labute approximate surface area is 144 Å². The van der Waals surface area contributed by atoms with Crippen molar-refractivity contribution < 1.29 is 19.4 Å². The molecule has 4 nitrogen and oxygen atoms in total. The molecule has 0 heterocycles. The maximum Gasteiger partial charge on any atom is 0.337 e. The average molecular weight is 330 g/mol. The molecule has 24 heavy (non-hydrogen) atoms. The highest BCUT2D eigenvalue weighted by Crippen LogP contribution is 2.44. The van der Waals surface area contributed by atoms with Crippen molar-refractivity contribution >= 4 is 5.97 Å². The van der Waals surface area contributed by atoms with E-state index >= 15 is 0 Å². The lowest BCUT2D eigenvalue weighted by atomic mass is 9.77. The van der Waals surface area contributed by atoms with Crippen LogP contribution >= 0.6 is 0 Å². The number of carbonyl (C=O) groups excluding carboxylic acids is 1. The summed E-state index contributed by atoms with van der Waals surface area (Å²) in [6.07, 6.45) is 4.04. The van der Waals surface area contributed by atoms with Gasteiger partial charge in [-0.05, 0) is 56.4 Å². The van der Waals surface area contributed by atoms with E-state index in [1.165, 1.54) is 7.11 Å². The Morgan fingerprint density at radius 3 is 2.75 bits per heavy atom. The van der Waals surface area contributed by atoms with Crippen LogP contribution in [0.15, 0.2) is 24.3 Å². The maximum atomic E-state index is 11.5. The molecule has 0 bridgehead atoms. The van der Waals surface area contributed by atoms with Crippen molar-refractivity contribution in [2.75, 3.05) is 26.9 Å². The Morgan fingerprint density at radius 1 is 1.38 bits per heavy atom. The Hall–Kier alpha value is -1.83. The summed E-state index contributed by atoms with van der Waals surface area (Å²) < 4.78 is 10.2. The van der Waals surface area contributed by atoms with Crippen molar-refractivity contribution in [3.8, 4) is 11.8 Å². The predicted octanol–water partition coefficient (Wildman–Crippen LogP) is 3.03. The molecule has 1 fully saturated rings. The van der Waals surface area contributed by atoms with E-state index in [-0.39, 0.29) is 18.0 Å². The topological polar surface area (TPSA) is 55.8 Å². The third kappa shape index (κ3) is 4.37. The first-order valence-corrected chi connectivity index (χ1v) is 8.55. The summed E-state index contributed by atoms with van der Waals surface area (Å²) in [5.74, 6) is 6.53. The number of hydrogen-bond acceptors (Lipinski definition) is 4. The van der Waals surface area contributed by atoms with Gasteiger partial charge in [0.05, 0.1) is 24.7 Å². The standard InChI is InChI=1S/C20H26O4/c1-3-24-14-11-18-5-4-12-20(18,15-21)13-10-16-6-8-17(9-7-16)19(22)23-2/h6-9,18,21H,3-5,11-12,14-15H2,1-2H3. The second-order valence-corrected chi connectivity index (χ2v) is 6.21. The van der Waals surface area contributed by atoms with Gasteiger partial charge in [-0.1, -0.05) is 18.3 Å². The minimum absolute atomic E-state index is 0.0804. The van der Waals surface area contributed by atoms with Crippen LogP contribution in [-0.2, 0) is 9.47 Å². The highest BCUT2D eigenvalue weighted by molar-refractivity contribution is 5.89. The van der Waals surface area contributed by atoms with Gasteiger partial charge >= 0.3 is 5.97 Å². The first-order chi connectivity index (χ1) is 11.6. The number of benzene rings is 1. The smallest absolute Gasteiger partial charge is 0.337 e. The molecule has 1 aromatic rings. The van der Waals surface area contributed by atoms with Crippen LogP contribution in [0.1, 0.15) is 48.5 Å². The largest absolute Gasteiger partial charge is 0.465 e. The minimum atomic E-state index is -0.354. The fraction of sp³-hybridized carbons (Fsp3) is 0.550. The molecule has 2 rings (SSSR count). The van der Waals surface area contributed by atoms with E-state index in [1.807, 2.05) is 19.1 Å².